The number of thiophene rings is 1. The Labute approximate surface area is 106 Å². The van der Waals surface area contributed by atoms with Gasteiger partial charge in [0.1, 0.15) is 0 Å². The molecule has 2 heterocycles. The smallest absolute Gasteiger partial charge is 0.152 e. The molecule has 0 saturated carbocycles. The highest BCUT2D eigenvalue weighted by Crippen LogP contribution is 2.27. The Bertz CT molecular complexity index is 427. The molecule has 0 unspecified atom stereocenters. The Kier molecular flexibility index (Phi) is 4.19. The van der Waals surface area contributed by atoms with E-state index in [1.54, 1.807) is 11.3 Å². The minimum absolute atomic E-state index is 0.129. The molecule has 1 aromatic rings. The van der Waals surface area contributed by atoms with E-state index in [9.17, 15) is 8.42 Å². The fourth-order valence-electron chi connectivity index (χ4n) is 2.19. The van der Waals surface area contributed by atoms with E-state index < -0.39 is 9.84 Å². The van der Waals surface area contributed by atoms with Crippen LogP contribution in [0.3, 0.4) is 0 Å². The Morgan fingerprint density at radius 3 is 2.65 bits per heavy atom. The molecule has 0 aliphatic carbocycles. The lowest BCUT2D eigenvalue weighted by Crippen LogP contribution is -2.42. The van der Waals surface area contributed by atoms with Crippen molar-refractivity contribution in [3.8, 4) is 0 Å². The molecule has 1 aliphatic rings. The average molecular weight is 275 g/mol. The largest absolute Gasteiger partial charge is 0.396 e. The predicted molar refractivity (Wildman–Crippen MR) is 69.0 cm³/mol. The second-order valence-corrected chi connectivity index (χ2v) is 7.36. The van der Waals surface area contributed by atoms with Crippen molar-refractivity contribution in [2.45, 2.75) is 12.5 Å². The van der Waals surface area contributed by atoms with Gasteiger partial charge in [-0.2, -0.15) is 11.3 Å². The van der Waals surface area contributed by atoms with Crippen LogP contribution in [0.15, 0.2) is 16.8 Å². The molecule has 2 rings (SSSR count). The van der Waals surface area contributed by atoms with Crippen LogP contribution in [0, 0.1) is 0 Å². The van der Waals surface area contributed by atoms with Crippen LogP contribution in [-0.2, 0) is 9.84 Å². The third-order valence-corrected chi connectivity index (χ3v) is 5.46. The molecule has 6 heteroatoms. The van der Waals surface area contributed by atoms with Gasteiger partial charge in [0, 0.05) is 25.7 Å². The normalized spacial score (nSPS) is 22.4. The zero-order chi connectivity index (χ0) is 12.3. The van der Waals surface area contributed by atoms with Crippen molar-refractivity contribution in [3.05, 3.63) is 22.4 Å². The topological polar surface area (TPSA) is 57.6 Å². The number of nitrogens with zero attached hydrogens (tertiary/aromatic N) is 1. The molecule has 1 fully saturated rings. The molecule has 0 aromatic carbocycles. The first-order chi connectivity index (χ1) is 8.12. The van der Waals surface area contributed by atoms with Gasteiger partial charge in [-0.15, -0.1) is 0 Å². The van der Waals surface area contributed by atoms with Crippen LogP contribution >= 0.6 is 11.3 Å². The second-order valence-electron chi connectivity index (χ2n) is 4.27. The van der Waals surface area contributed by atoms with Crippen molar-refractivity contribution in [2.75, 3.05) is 31.2 Å². The standard InChI is InChI=1S/C11H17NO3S2/c13-5-1-11(10-2-6-16-9-10)12-3-7-17(14,15)8-4-12/h2,6,9,11,13H,1,3-5,7-8H2/t11-/m1/s1. The molecule has 17 heavy (non-hydrogen) atoms. The van der Waals surface area contributed by atoms with Gasteiger partial charge in [0.2, 0.25) is 0 Å². The van der Waals surface area contributed by atoms with E-state index in [2.05, 4.69) is 10.3 Å². The van der Waals surface area contributed by atoms with Crippen LogP contribution in [0.25, 0.3) is 0 Å². The van der Waals surface area contributed by atoms with E-state index in [0.29, 0.717) is 19.5 Å². The van der Waals surface area contributed by atoms with Gasteiger partial charge in [-0.05, 0) is 28.8 Å². The number of aliphatic hydroxyl groups is 1. The highest BCUT2D eigenvalue weighted by atomic mass is 32.2. The Hall–Kier alpha value is -0.430. The van der Waals surface area contributed by atoms with Crippen LogP contribution in [0.5, 0.6) is 0 Å². The maximum Gasteiger partial charge on any atom is 0.152 e. The summed E-state index contributed by atoms with van der Waals surface area (Å²) >= 11 is 1.63. The molecule has 1 aromatic heterocycles. The maximum absolute atomic E-state index is 11.4. The van der Waals surface area contributed by atoms with Gasteiger partial charge in [-0.3, -0.25) is 4.90 Å². The van der Waals surface area contributed by atoms with Gasteiger partial charge < -0.3 is 5.11 Å². The zero-order valence-corrected chi connectivity index (χ0v) is 11.2. The Balaban J connectivity index is 2.08. The van der Waals surface area contributed by atoms with Crippen LogP contribution < -0.4 is 0 Å². The van der Waals surface area contributed by atoms with E-state index in [4.69, 9.17) is 5.11 Å². The number of hydrogen-bond acceptors (Lipinski definition) is 5. The monoisotopic (exact) mass is 275 g/mol. The third-order valence-electron chi connectivity index (χ3n) is 3.15. The van der Waals surface area contributed by atoms with Crippen molar-refractivity contribution in [3.63, 3.8) is 0 Å². The average Bonchev–Trinajstić information content (AvgIpc) is 2.80. The van der Waals surface area contributed by atoms with Gasteiger partial charge in [0.05, 0.1) is 11.5 Å². The molecular weight excluding hydrogens is 258 g/mol. The number of hydrogen-bond donors (Lipinski definition) is 1. The Morgan fingerprint density at radius 2 is 2.12 bits per heavy atom. The summed E-state index contributed by atoms with van der Waals surface area (Å²) in [6, 6.07) is 2.20. The van der Waals surface area contributed by atoms with Crippen molar-refractivity contribution < 1.29 is 13.5 Å². The first-order valence-corrected chi connectivity index (χ1v) is 8.46. The first-order valence-electron chi connectivity index (χ1n) is 5.70. The highest BCUT2D eigenvalue weighted by molar-refractivity contribution is 7.91. The quantitative estimate of drug-likeness (QED) is 0.887. The predicted octanol–water partition coefficient (Wildman–Crippen LogP) is 0.902. The van der Waals surface area contributed by atoms with E-state index in [1.807, 2.05) is 11.4 Å². The summed E-state index contributed by atoms with van der Waals surface area (Å²) in [5.41, 5.74) is 1.18. The molecule has 1 N–H and O–H groups in total. The fourth-order valence-corrected chi connectivity index (χ4v) is 4.12. The molecular formula is C11H17NO3S2. The summed E-state index contributed by atoms with van der Waals surface area (Å²) in [5, 5.41) is 13.2. The molecule has 0 spiro atoms. The van der Waals surface area contributed by atoms with Crippen LogP contribution in [0.1, 0.15) is 18.0 Å². The SMILES string of the molecule is O=S1(=O)CCN([C@H](CCO)c2ccsc2)CC1. The van der Waals surface area contributed by atoms with Crippen molar-refractivity contribution in [1.29, 1.82) is 0 Å². The molecule has 1 saturated heterocycles. The summed E-state index contributed by atoms with van der Waals surface area (Å²) in [7, 11) is -2.83. The lowest BCUT2D eigenvalue weighted by atomic mass is 10.1. The Morgan fingerprint density at radius 1 is 1.41 bits per heavy atom. The van der Waals surface area contributed by atoms with Crippen LogP contribution in [-0.4, -0.2) is 49.6 Å². The lowest BCUT2D eigenvalue weighted by molar-refractivity contribution is 0.167. The summed E-state index contributed by atoms with van der Waals surface area (Å²) in [4.78, 5) is 2.17. The molecule has 0 amide bonds. The summed E-state index contributed by atoms with van der Waals surface area (Å²) in [5.74, 6) is 0.470. The van der Waals surface area contributed by atoms with Crippen molar-refractivity contribution in [2.24, 2.45) is 0 Å². The summed E-state index contributed by atoms with van der Waals surface area (Å²) in [6.45, 7) is 1.27. The molecule has 1 aliphatic heterocycles. The van der Waals surface area contributed by atoms with E-state index in [0.717, 1.165) is 0 Å². The number of sulfone groups is 1. The fraction of sp³-hybridized carbons (Fsp3) is 0.636. The lowest BCUT2D eigenvalue weighted by Gasteiger charge is -2.33. The second kappa shape index (κ2) is 5.48. The molecule has 1 atom stereocenters. The minimum atomic E-state index is -2.83. The molecule has 0 radical (unpaired) electrons. The summed E-state index contributed by atoms with van der Waals surface area (Å²) in [6.07, 6.45) is 0.663. The van der Waals surface area contributed by atoms with Gasteiger partial charge >= 0.3 is 0 Å². The minimum Gasteiger partial charge on any atom is -0.396 e. The van der Waals surface area contributed by atoms with Crippen molar-refractivity contribution in [1.82, 2.24) is 4.90 Å². The zero-order valence-electron chi connectivity index (χ0n) is 9.58. The number of aliphatic hydroxyl groups excluding tert-OH is 1. The summed E-state index contributed by atoms with van der Waals surface area (Å²) < 4.78 is 22.8. The molecule has 4 nitrogen and oxygen atoms in total. The molecule has 0 bridgehead atoms. The van der Waals surface area contributed by atoms with Gasteiger partial charge in [0.25, 0.3) is 0 Å². The van der Waals surface area contributed by atoms with Gasteiger partial charge in [0.15, 0.2) is 9.84 Å². The highest BCUT2D eigenvalue weighted by Gasteiger charge is 2.27. The van der Waals surface area contributed by atoms with E-state index in [1.165, 1.54) is 5.56 Å². The third kappa shape index (κ3) is 3.28. The molecule has 96 valence electrons. The van der Waals surface area contributed by atoms with Gasteiger partial charge in [-0.1, -0.05) is 0 Å². The van der Waals surface area contributed by atoms with E-state index in [-0.39, 0.29) is 24.2 Å². The van der Waals surface area contributed by atoms with E-state index >= 15 is 0 Å². The van der Waals surface area contributed by atoms with Crippen molar-refractivity contribution >= 4 is 21.2 Å². The first kappa shape index (κ1) is 13.0. The van der Waals surface area contributed by atoms with Crippen LogP contribution in [0.4, 0.5) is 0 Å². The van der Waals surface area contributed by atoms with Gasteiger partial charge in [-0.25, -0.2) is 8.42 Å². The number of rotatable bonds is 4. The maximum atomic E-state index is 11.4. The van der Waals surface area contributed by atoms with Crippen LogP contribution in [0.2, 0.25) is 0 Å².